The maximum atomic E-state index is 14.7. The second-order valence-electron chi connectivity index (χ2n) is 8.71. The van der Waals surface area contributed by atoms with Crippen LogP contribution in [-0.4, -0.2) is 41.4 Å². The summed E-state index contributed by atoms with van der Waals surface area (Å²) in [7, 11) is 0. The molecule has 1 fully saturated rings. The second kappa shape index (κ2) is 10.2. The van der Waals surface area contributed by atoms with Crippen molar-refractivity contribution < 1.29 is 24.1 Å². The smallest absolute Gasteiger partial charge is 0.182 e. The topological polar surface area (TPSA) is 62.2 Å². The number of likely N-dealkylation sites (tertiary alicyclic amines) is 1. The number of hydrogen-bond acceptors (Lipinski definition) is 6. The van der Waals surface area contributed by atoms with Crippen LogP contribution in [0.25, 0.3) is 0 Å². The van der Waals surface area contributed by atoms with Gasteiger partial charge in [-0.05, 0) is 73.5 Å². The van der Waals surface area contributed by atoms with Gasteiger partial charge < -0.3 is 19.7 Å². The Kier molecular flexibility index (Phi) is 6.83. The fourth-order valence-electron chi connectivity index (χ4n) is 4.50. The van der Waals surface area contributed by atoms with Crippen molar-refractivity contribution in [3.63, 3.8) is 0 Å². The first-order valence-corrected chi connectivity index (χ1v) is 12.6. The minimum absolute atomic E-state index is 0.164. The zero-order valence-corrected chi connectivity index (χ0v) is 19.6. The SMILES string of the molecule is Oc1ccc([C@H]2Sc3c(ccc(O)c3F)O[C@H]2c2ccc(OCCN3CCCCC3)cc2)cc1. The molecule has 1 saturated heterocycles. The van der Waals surface area contributed by atoms with Crippen molar-refractivity contribution in [2.75, 3.05) is 26.2 Å². The number of aromatic hydroxyl groups is 2. The van der Waals surface area contributed by atoms with Gasteiger partial charge in [0.2, 0.25) is 0 Å². The van der Waals surface area contributed by atoms with Crippen LogP contribution in [0.3, 0.4) is 0 Å². The molecular formula is C27H28FNO4S. The van der Waals surface area contributed by atoms with Crippen molar-refractivity contribution >= 4 is 11.8 Å². The van der Waals surface area contributed by atoms with Crippen LogP contribution in [0.1, 0.15) is 41.7 Å². The Morgan fingerprint density at radius 1 is 0.912 bits per heavy atom. The minimum Gasteiger partial charge on any atom is -0.508 e. The highest BCUT2D eigenvalue weighted by Gasteiger charge is 2.35. The fraction of sp³-hybridized carbons (Fsp3) is 0.333. The Bertz CT molecular complexity index is 1120. The van der Waals surface area contributed by atoms with E-state index >= 15 is 0 Å². The highest BCUT2D eigenvalue weighted by atomic mass is 32.2. The number of halogens is 1. The lowest BCUT2D eigenvalue weighted by Crippen LogP contribution is -2.33. The van der Waals surface area contributed by atoms with Crippen molar-refractivity contribution in [1.82, 2.24) is 4.90 Å². The third-order valence-electron chi connectivity index (χ3n) is 6.37. The van der Waals surface area contributed by atoms with E-state index in [0.29, 0.717) is 12.4 Å². The maximum absolute atomic E-state index is 14.7. The van der Waals surface area contributed by atoms with E-state index < -0.39 is 11.6 Å². The maximum Gasteiger partial charge on any atom is 0.182 e. The van der Waals surface area contributed by atoms with Crippen LogP contribution in [0.15, 0.2) is 65.6 Å². The number of phenols is 2. The number of hydrogen-bond donors (Lipinski definition) is 2. The summed E-state index contributed by atoms with van der Waals surface area (Å²) < 4.78 is 26.9. The molecule has 3 aromatic carbocycles. The molecule has 0 amide bonds. The van der Waals surface area contributed by atoms with Gasteiger partial charge in [0.05, 0.1) is 10.1 Å². The zero-order valence-electron chi connectivity index (χ0n) is 18.8. The van der Waals surface area contributed by atoms with E-state index in [9.17, 15) is 14.6 Å². The summed E-state index contributed by atoms with van der Waals surface area (Å²) in [5, 5.41) is 19.3. The number of phenolic OH excluding ortho intramolecular Hbond substituents is 2. The van der Waals surface area contributed by atoms with Gasteiger partial charge in [0, 0.05) is 6.54 Å². The quantitative estimate of drug-likeness (QED) is 0.446. The van der Waals surface area contributed by atoms with E-state index in [2.05, 4.69) is 4.90 Å². The van der Waals surface area contributed by atoms with Crippen LogP contribution in [0.4, 0.5) is 4.39 Å². The van der Waals surface area contributed by atoms with Crippen LogP contribution in [-0.2, 0) is 0 Å². The summed E-state index contributed by atoms with van der Waals surface area (Å²) in [6, 6.07) is 17.6. The van der Waals surface area contributed by atoms with E-state index in [1.54, 1.807) is 18.2 Å². The third kappa shape index (κ3) is 4.95. The zero-order chi connectivity index (χ0) is 23.5. The summed E-state index contributed by atoms with van der Waals surface area (Å²) >= 11 is 1.32. The molecule has 5 nitrogen and oxygen atoms in total. The predicted octanol–water partition coefficient (Wildman–Crippen LogP) is 6.07. The Hall–Kier alpha value is -2.90. The molecule has 2 N–H and O–H groups in total. The van der Waals surface area contributed by atoms with Gasteiger partial charge in [-0.15, -0.1) is 11.8 Å². The predicted molar refractivity (Wildman–Crippen MR) is 130 cm³/mol. The van der Waals surface area contributed by atoms with Gasteiger partial charge in [-0.3, -0.25) is 4.90 Å². The summed E-state index contributed by atoms with van der Waals surface area (Å²) in [6.07, 6.45) is 3.48. The lowest BCUT2D eigenvalue weighted by molar-refractivity contribution is 0.182. The molecule has 3 aromatic rings. The van der Waals surface area contributed by atoms with Gasteiger partial charge in [-0.1, -0.05) is 30.7 Å². The van der Waals surface area contributed by atoms with Crippen LogP contribution in [0.2, 0.25) is 0 Å². The van der Waals surface area contributed by atoms with Crippen LogP contribution in [0.5, 0.6) is 23.0 Å². The molecule has 178 valence electrons. The molecule has 34 heavy (non-hydrogen) atoms. The lowest BCUT2D eigenvalue weighted by Gasteiger charge is -2.34. The first kappa shape index (κ1) is 22.9. The van der Waals surface area contributed by atoms with E-state index in [-0.39, 0.29) is 22.0 Å². The molecule has 0 saturated carbocycles. The van der Waals surface area contributed by atoms with Gasteiger partial charge in [0.15, 0.2) is 11.6 Å². The number of thioether (sulfide) groups is 1. The molecule has 0 spiro atoms. The number of benzene rings is 3. The van der Waals surface area contributed by atoms with E-state index in [1.807, 2.05) is 36.4 Å². The highest BCUT2D eigenvalue weighted by Crippen LogP contribution is 2.55. The number of nitrogens with zero attached hydrogens (tertiary/aromatic N) is 1. The third-order valence-corrected chi connectivity index (χ3v) is 7.76. The van der Waals surface area contributed by atoms with Crippen molar-refractivity contribution in [3.8, 4) is 23.0 Å². The first-order chi connectivity index (χ1) is 16.6. The van der Waals surface area contributed by atoms with Crippen molar-refractivity contribution in [1.29, 1.82) is 0 Å². The van der Waals surface area contributed by atoms with Gasteiger partial charge in [0.1, 0.15) is 30.0 Å². The average molecular weight is 482 g/mol. The number of fused-ring (bicyclic) bond motifs is 1. The fourth-order valence-corrected chi connectivity index (χ4v) is 5.82. The van der Waals surface area contributed by atoms with Crippen molar-refractivity contribution in [2.45, 2.75) is 35.5 Å². The number of ether oxygens (including phenoxy) is 2. The lowest BCUT2D eigenvalue weighted by atomic mass is 10.00. The van der Waals surface area contributed by atoms with E-state index in [4.69, 9.17) is 9.47 Å². The van der Waals surface area contributed by atoms with Crippen molar-refractivity contribution in [2.24, 2.45) is 0 Å². The Morgan fingerprint density at radius 2 is 1.62 bits per heavy atom. The van der Waals surface area contributed by atoms with Crippen LogP contribution in [0, 0.1) is 5.82 Å². The molecule has 2 aliphatic rings. The van der Waals surface area contributed by atoms with Crippen LogP contribution < -0.4 is 9.47 Å². The van der Waals surface area contributed by atoms with E-state index in [1.165, 1.54) is 37.1 Å². The molecule has 0 unspecified atom stereocenters. The molecule has 2 aliphatic heterocycles. The summed E-state index contributed by atoms with van der Waals surface area (Å²) in [5.74, 6) is 0.298. The largest absolute Gasteiger partial charge is 0.508 e. The Morgan fingerprint density at radius 3 is 2.35 bits per heavy atom. The molecule has 0 bridgehead atoms. The summed E-state index contributed by atoms with van der Waals surface area (Å²) in [6.45, 7) is 3.89. The summed E-state index contributed by atoms with van der Waals surface area (Å²) in [4.78, 5) is 2.73. The minimum atomic E-state index is -0.679. The van der Waals surface area contributed by atoms with Crippen molar-refractivity contribution in [3.05, 3.63) is 77.6 Å². The standard InChI is InChI=1S/C27H28FNO4S/c28-24-22(31)12-13-23-27(24)34-26(19-4-8-20(30)9-5-19)25(33-23)18-6-10-21(11-7-18)32-17-16-29-14-2-1-3-15-29/h4-13,25-26,30-31H,1-3,14-17H2/t25-,26+/m0/s1. The molecule has 7 heteroatoms. The first-order valence-electron chi connectivity index (χ1n) is 11.7. The molecule has 5 rings (SSSR count). The summed E-state index contributed by atoms with van der Waals surface area (Å²) in [5.41, 5.74) is 1.83. The Balaban J connectivity index is 1.35. The molecule has 0 radical (unpaired) electrons. The second-order valence-corrected chi connectivity index (χ2v) is 9.87. The monoisotopic (exact) mass is 481 g/mol. The van der Waals surface area contributed by atoms with E-state index in [0.717, 1.165) is 36.5 Å². The molecular weight excluding hydrogens is 453 g/mol. The van der Waals surface area contributed by atoms with Crippen LogP contribution >= 0.6 is 11.8 Å². The number of piperidine rings is 1. The van der Waals surface area contributed by atoms with Gasteiger partial charge in [0.25, 0.3) is 0 Å². The van der Waals surface area contributed by atoms with Gasteiger partial charge >= 0.3 is 0 Å². The van der Waals surface area contributed by atoms with Gasteiger partial charge in [-0.2, -0.15) is 0 Å². The Labute approximate surface area is 203 Å². The highest BCUT2D eigenvalue weighted by molar-refractivity contribution is 7.99. The molecule has 0 aromatic heterocycles. The number of rotatable bonds is 6. The normalized spacial score (nSPS) is 20.4. The average Bonchev–Trinajstić information content (AvgIpc) is 2.87. The molecule has 0 aliphatic carbocycles. The molecule has 2 heterocycles. The van der Waals surface area contributed by atoms with Gasteiger partial charge in [-0.25, -0.2) is 4.39 Å². The molecule has 2 atom stereocenters.